The molecule has 0 radical (unpaired) electrons. The van der Waals surface area contributed by atoms with Gasteiger partial charge in [-0.25, -0.2) is 0 Å². The molecule has 0 saturated heterocycles. The fourth-order valence-corrected chi connectivity index (χ4v) is 4.28. The summed E-state index contributed by atoms with van der Waals surface area (Å²) in [5.74, 6) is 0.544. The standard InChI is InChI=1S/C26H23F3N2O6/c1-35-23-12-17-10-11-30(25(32)16-6-8-19(9-7-16)31(33)34)22(21(17)14-24(23)36-2)15-37-20-5-3-4-18(13-20)26(27,28)29/h3-9,12-14,22H,10-11,15H2,1-2H3. The summed E-state index contributed by atoms with van der Waals surface area (Å²) in [4.78, 5) is 25.5. The highest BCUT2D eigenvalue weighted by molar-refractivity contribution is 5.95. The van der Waals surface area contributed by atoms with Crippen LogP contribution in [0.15, 0.2) is 60.7 Å². The molecule has 194 valence electrons. The van der Waals surface area contributed by atoms with Gasteiger partial charge in [-0.05, 0) is 60.0 Å². The molecule has 0 saturated carbocycles. The van der Waals surface area contributed by atoms with Crippen LogP contribution in [0.1, 0.15) is 33.1 Å². The number of methoxy groups -OCH3 is 2. The molecule has 0 bridgehead atoms. The van der Waals surface area contributed by atoms with Crippen LogP contribution in [0.2, 0.25) is 0 Å². The molecule has 1 aliphatic heterocycles. The van der Waals surface area contributed by atoms with Gasteiger partial charge in [0.15, 0.2) is 11.5 Å². The van der Waals surface area contributed by atoms with E-state index in [0.717, 1.165) is 17.7 Å². The van der Waals surface area contributed by atoms with Gasteiger partial charge in [-0.2, -0.15) is 13.2 Å². The van der Waals surface area contributed by atoms with Gasteiger partial charge >= 0.3 is 6.18 Å². The van der Waals surface area contributed by atoms with E-state index in [1.165, 1.54) is 50.6 Å². The third kappa shape index (κ3) is 5.45. The molecule has 1 heterocycles. The Bertz CT molecular complexity index is 1310. The van der Waals surface area contributed by atoms with E-state index < -0.39 is 28.6 Å². The highest BCUT2D eigenvalue weighted by Crippen LogP contribution is 2.39. The predicted octanol–water partition coefficient (Wildman–Crippen LogP) is 5.45. The number of ether oxygens (including phenoxy) is 3. The normalized spacial score (nSPS) is 15.1. The number of nitrogens with zero attached hydrogens (tertiary/aromatic N) is 2. The van der Waals surface area contributed by atoms with Gasteiger partial charge in [0, 0.05) is 24.2 Å². The van der Waals surface area contributed by atoms with Crippen LogP contribution in [-0.4, -0.2) is 43.1 Å². The highest BCUT2D eigenvalue weighted by Gasteiger charge is 2.34. The number of carbonyl (C=O) groups is 1. The number of benzene rings is 3. The number of nitro groups is 1. The van der Waals surface area contributed by atoms with Crippen LogP contribution in [0.4, 0.5) is 18.9 Å². The Morgan fingerprint density at radius 2 is 1.73 bits per heavy atom. The quantitative estimate of drug-likeness (QED) is 0.306. The van der Waals surface area contributed by atoms with Crippen molar-refractivity contribution in [2.75, 3.05) is 27.4 Å². The van der Waals surface area contributed by atoms with Gasteiger partial charge in [-0.15, -0.1) is 0 Å². The van der Waals surface area contributed by atoms with Crippen LogP contribution in [0, 0.1) is 10.1 Å². The Kier molecular flexibility index (Phi) is 7.23. The maximum atomic E-state index is 13.5. The monoisotopic (exact) mass is 516 g/mol. The minimum atomic E-state index is -4.53. The lowest BCUT2D eigenvalue weighted by atomic mass is 9.91. The maximum absolute atomic E-state index is 13.5. The van der Waals surface area contributed by atoms with Gasteiger partial charge < -0.3 is 19.1 Å². The summed E-state index contributed by atoms with van der Waals surface area (Å²) in [6.07, 6.45) is -4.05. The van der Waals surface area contributed by atoms with Crippen molar-refractivity contribution in [3.05, 3.63) is 93.0 Å². The van der Waals surface area contributed by atoms with Crippen molar-refractivity contribution < 1.29 is 37.1 Å². The molecule has 0 aliphatic carbocycles. The molecule has 0 spiro atoms. The Balaban J connectivity index is 1.69. The molecule has 37 heavy (non-hydrogen) atoms. The second-order valence-corrected chi connectivity index (χ2v) is 8.31. The van der Waals surface area contributed by atoms with E-state index in [4.69, 9.17) is 14.2 Å². The number of nitro benzene ring substituents is 1. The topological polar surface area (TPSA) is 91.1 Å². The molecule has 0 aromatic heterocycles. The molecule has 3 aromatic rings. The summed E-state index contributed by atoms with van der Waals surface area (Å²) in [5, 5.41) is 11.0. The minimum Gasteiger partial charge on any atom is -0.493 e. The summed E-state index contributed by atoms with van der Waals surface area (Å²) >= 11 is 0. The molecular formula is C26H23F3N2O6. The highest BCUT2D eigenvalue weighted by atomic mass is 19.4. The maximum Gasteiger partial charge on any atom is 0.416 e. The first-order valence-corrected chi connectivity index (χ1v) is 11.2. The Morgan fingerprint density at radius 3 is 2.35 bits per heavy atom. The van der Waals surface area contributed by atoms with Gasteiger partial charge in [0.25, 0.3) is 11.6 Å². The molecule has 1 atom stereocenters. The average Bonchev–Trinajstić information content (AvgIpc) is 2.90. The number of carbonyl (C=O) groups excluding carboxylic acids is 1. The zero-order chi connectivity index (χ0) is 26.7. The lowest BCUT2D eigenvalue weighted by molar-refractivity contribution is -0.384. The summed E-state index contributed by atoms with van der Waals surface area (Å²) in [7, 11) is 2.98. The first-order chi connectivity index (χ1) is 17.6. The Morgan fingerprint density at radius 1 is 1.05 bits per heavy atom. The van der Waals surface area contributed by atoms with Crippen LogP contribution in [0.5, 0.6) is 17.2 Å². The fourth-order valence-electron chi connectivity index (χ4n) is 4.28. The van der Waals surface area contributed by atoms with Crippen molar-refractivity contribution in [2.45, 2.75) is 18.6 Å². The Hall–Kier alpha value is -4.28. The van der Waals surface area contributed by atoms with Crippen molar-refractivity contribution in [1.29, 1.82) is 0 Å². The van der Waals surface area contributed by atoms with E-state index in [2.05, 4.69) is 0 Å². The summed E-state index contributed by atoms with van der Waals surface area (Å²) in [6, 6.07) is 12.6. The number of rotatable bonds is 7. The van der Waals surface area contributed by atoms with Crippen LogP contribution in [-0.2, 0) is 12.6 Å². The van der Waals surface area contributed by atoms with E-state index in [9.17, 15) is 28.1 Å². The lowest BCUT2D eigenvalue weighted by Gasteiger charge is -2.37. The summed E-state index contributed by atoms with van der Waals surface area (Å²) in [6.45, 7) is 0.150. The molecular weight excluding hydrogens is 493 g/mol. The first kappa shape index (κ1) is 25.8. The zero-order valence-electron chi connectivity index (χ0n) is 19.9. The molecule has 1 amide bonds. The second kappa shape index (κ2) is 10.4. The van der Waals surface area contributed by atoms with Crippen molar-refractivity contribution >= 4 is 11.6 Å². The Labute approximate surface area is 210 Å². The van der Waals surface area contributed by atoms with Crippen molar-refractivity contribution in [3.8, 4) is 17.2 Å². The van der Waals surface area contributed by atoms with Gasteiger partial charge in [-0.3, -0.25) is 14.9 Å². The number of alkyl halides is 3. The van der Waals surface area contributed by atoms with Crippen molar-refractivity contribution in [3.63, 3.8) is 0 Å². The lowest BCUT2D eigenvalue weighted by Crippen LogP contribution is -2.42. The number of hydrogen-bond acceptors (Lipinski definition) is 6. The number of hydrogen-bond donors (Lipinski definition) is 0. The third-order valence-electron chi connectivity index (χ3n) is 6.16. The third-order valence-corrected chi connectivity index (χ3v) is 6.16. The molecule has 1 unspecified atom stereocenters. The zero-order valence-corrected chi connectivity index (χ0v) is 19.9. The number of non-ortho nitro benzene ring substituents is 1. The van der Waals surface area contributed by atoms with E-state index in [-0.39, 0.29) is 30.2 Å². The predicted molar refractivity (Wildman–Crippen MR) is 127 cm³/mol. The summed E-state index contributed by atoms with van der Waals surface area (Å²) < 4.78 is 56.1. The van der Waals surface area contributed by atoms with E-state index in [1.54, 1.807) is 17.0 Å². The second-order valence-electron chi connectivity index (χ2n) is 8.31. The molecule has 8 nitrogen and oxygen atoms in total. The molecule has 1 aliphatic rings. The largest absolute Gasteiger partial charge is 0.493 e. The fraction of sp³-hybridized carbons (Fsp3) is 0.269. The van der Waals surface area contributed by atoms with Gasteiger partial charge in [0.2, 0.25) is 0 Å². The van der Waals surface area contributed by atoms with Crippen molar-refractivity contribution in [2.24, 2.45) is 0 Å². The SMILES string of the molecule is COc1cc2c(cc1OC)C(COc1cccc(C(F)(F)F)c1)N(C(=O)c1ccc([N+](=O)[O-])cc1)CC2. The van der Waals surface area contributed by atoms with Crippen LogP contribution >= 0.6 is 0 Å². The van der Waals surface area contributed by atoms with E-state index in [1.807, 2.05) is 0 Å². The van der Waals surface area contributed by atoms with Crippen LogP contribution in [0.25, 0.3) is 0 Å². The first-order valence-electron chi connectivity index (χ1n) is 11.2. The van der Waals surface area contributed by atoms with Gasteiger partial charge in [0.05, 0.1) is 30.7 Å². The molecule has 4 rings (SSSR count). The van der Waals surface area contributed by atoms with E-state index in [0.29, 0.717) is 23.5 Å². The summed E-state index contributed by atoms with van der Waals surface area (Å²) in [5.41, 5.74) is 0.814. The van der Waals surface area contributed by atoms with Crippen LogP contribution in [0.3, 0.4) is 0 Å². The number of halogens is 3. The number of fused-ring (bicyclic) bond motifs is 1. The smallest absolute Gasteiger partial charge is 0.416 e. The molecule has 3 aromatic carbocycles. The molecule has 0 N–H and O–H groups in total. The minimum absolute atomic E-state index is 0.00478. The van der Waals surface area contributed by atoms with E-state index >= 15 is 0 Å². The molecule has 0 fully saturated rings. The average molecular weight is 516 g/mol. The number of amides is 1. The molecule has 11 heteroatoms. The van der Waals surface area contributed by atoms with Gasteiger partial charge in [-0.1, -0.05) is 6.07 Å². The van der Waals surface area contributed by atoms with Gasteiger partial charge in [0.1, 0.15) is 12.4 Å². The van der Waals surface area contributed by atoms with Crippen LogP contribution < -0.4 is 14.2 Å². The van der Waals surface area contributed by atoms with Crippen molar-refractivity contribution in [1.82, 2.24) is 4.90 Å².